The van der Waals surface area contributed by atoms with Crippen LogP contribution >= 0.6 is 34.5 Å². The fourth-order valence-corrected chi connectivity index (χ4v) is 1.87. The Morgan fingerprint density at radius 3 is 2.91 bits per heavy atom. The molecule has 11 heavy (non-hydrogen) atoms. The second-order valence-corrected chi connectivity index (χ2v) is 3.88. The minimum Gasteiger partial charge on any atom is -0.143 e. The molecule has 1 heterocycles. The van der Waals surface area contributed by atoms with Gasteiger partial charge < -0.3 is 0 Å². The number of alkyl halides is 1. The smallest absolute Gasteiger partial charge is 0.0586 e. The van der Waals surface area contributed by atoms with E-state index in [1.807, 2.05) is 24.4 Å². The zero-order chi connectivity index (χ0) is 8.27. The van der Waals surface area contributed by atoms with Crippen molar-refractivity contribution in [3.8, 4) is 0 Å². The van der Waals surface area contributed by atoms with Crippen molar-refractivity contribution in [3.63, 3.8) is 0 Å². The van der Waals surface area contributed by atoms with Gasteiger partial charge in [-0.1, -0.05) is 17.2 Å². The summed E-state index contributed by atoms with van der Waals surface area (Å²) in [6, 6.07) is 1.89. The second-order valence-electron chi connectivity index (χ2n) is 2.26. The zero-order valence-electron chi connectivity index (χ0n) is 6.10. The predicted molar refractivity (Wildman–Crippen MR) is 53.7 cm³/mol. The molecule has 0 atom stereocenters. The summed E-state index contributed by atoms with van der Waals surface area (Å²) in [5.74, 6) is 0.564. The molecule has 0 unspecified atom stereocenters. The summed E-state index contributed by atoms with van der Waals surface area (Å²) in [5.41, 5.74) is 1.14. The average Bonchev–Trinajstić information content (AvgIpc) is 2.37. The summed E-state index contributed by atoms with van der Waals surface area (Å²) in [4.78, 5) is 1.09. The highest BCUT2D eigenvalue weighted by molar-refractivity contribution is 7.11. The lowest BCUT2D eigenvalue weighted by atomic mass is 10.3. The van der Waals surface area contributed by atoms with Crippen LogP contribution in [0.25, 0.3) is 6.08 Å². The molecular weight excluding hydrogens is 199 g/mol. The van der Waals surface area contributed by atoms with Crippen molar-refractivity contribution in [2.24, 2.45) is 0 Å². The molecule has 0 spiro atoms. The monoisotopic (exact) mass is 206 g/mol. The van der Waals surface area contributed by atoms with Crippen molar-refractivity contribution in [2.45, 2.75) is 6.92 Å². The first-order chi connectivity index (χ1) is 5.24. The minimum atomic E-state index is 0.564. The van der Waals surface area contributed by atoms with Gasteiger partial charge in [0.15, 0.2) is 0 Å². The first-order valence-corrected chi connectivity index (χ1v) is 4.99. The van der Waals surface area contributed by atoms with E-state index in [9.17, 15) is 0 Å². The molecule has 60 valence electrons. The van der Waals surface area contributed by atoms with Crippen LogP contribution in [0.2, 0.25) is 5.02 Å². The normalized spacial score (nSPS) is 12.1. The van der Waals surface area contributed by atoms with Crippen LogP contribution in [0.5, 0.6) is 0 Å². The van der Waals surface area contributed by atoms with Crippen LogP contribution in [0, 0.1) is 0 Å². The average molecular weight is 207 g/mol. The highest BCUT2D eigenvalue weighted by Crippen LogP contribution is 2.24. The lowest BCUT2D eigenvalue weighted by molar-refractivity contribution is 1.44. The topological polar surface area (TPSA) is 0 Å². The molecular formula is C8H8Cl2S. The molecule has 0 saturated heterocycles. The maximum Gasteiger partial charge on any atom is 0.0586 e. The number of rotatable bonds is 2. The summed E-state index contributed by atoms with van der Waals surface area (Å²) in [5, 5.41) is 2.77. The summed E-state index contributed by atoms with van der Waals surface area (Å²) >= 11 is 13.1. The Morgan fingerprint density at radius 2 is 2.45 bits per heavy atom. The van der Waals surface area contributed by atoms with Gasteiger partial charge in [-0.3, -0.25) is 0 Å². The quantitative estimate of drug-likeness (QED) is 0.642. The van der Waals surface area contributed by atoms with Crippen molar-refractivity contribution in [1.82, 2.24) is 0 Å². The van der Waals surface area contributed by atoms with Crippen molar-refractivity contribution in [3.05, 3.63) is 26.9 Å². The van der Waals surface area contributed by atoms with Crippen molar-refractivity contribution in [1.29, 1.82) is 0 Å². The van der Waals surface area contributed by atoms with E-state index in [0.717, 1.165) is 15.5 Å². The first-order valence-electron chi connectivity index (χ1n) is 3.20. The highest BCUT2D eigenvalue weighted by atomic mass is 35.5. The molecule has 1 aromatic rings. The van der Waals surface area contributed by atoms with Gasteiger partial charge in [0.25, 0.3) is 0 Å². The summed E-state index contributed by atoms with van der Waals surface area (Å²) in [6.45, 7) is 1.99. The molecule has 0 nitrogen and oxygen atoms in total. The van der Waals surface area contributed by atoms with E-state index in [-0.39, 0.29) is 0 Å². The molecule has 0 N–H and O–H groups in total. The van der Waals surface area contributed by atoms with Gasteiger partial charge in [0.05, 0.1) is 5.02 Å². The molecule has 0 radical (unpaired) electrons. The Morgan fingerprint density at radius 1 is 1.73 bits per heavy atom. The van der Waals surface area contributed by atoms with Crippen molar-refractivity contribution < 1.29 is 0 Å². The van der Waals surface area contributed by atoms with Gasteiger partial charge in [0.2, 0.25) is 0 Å². The third-order valence-corrected chi connectivity index (χ3v) is 2.96. The van der Waals surface area contributed by atoms with E-state index in [4.69, 9.17) is 23.2 Å². The Bertz CT molecular complexity index is 263. The molecule has 0 fully saturated rings. The van der Waals surface area contributed by atoms with Crippen LogP contribution in [0.4, 0.5) is 0 Å². The summed E-state index contributed by atoms with van der Waals surface area (Å²) in [6.07, 6.45) is 2.01. The maximum atomic E-state index is 5.86. The standard InChI is InChI=1S/C8H8Cl2S/c1-6(5-9)4-8-7(10)2-3-11-8/h2-4H,5H2,1H3/b6-4-. The number of allylic oxidation sites excluding steroid dienone is 1. The number of thiophene rings is 1. The van der Waals surface area contributed by atoms with E-state index in [2.05, 4.69) is 0 Å². The zero-order valence-corrected chi connectivity index (χ0v) is 8.43. The second kappa shape index (κ2) is 4.15. The number of hydrogen-bond donors (Lipinski definition) is 0. The highest BCUT2D eigenvalue weighted by Gasteiger charge is 1.97. The van der Waals surface area contributed by atoms with Gasteiger partial charge >= 0.3 is 0 Å². The number of halogens is 2. The molecule has 0 aliphatic rings. The molecule has 0 bridgehead atoms. The van der Waals surface area contributed by atoms with E-state index in [1.165, 1.54) is 0 Å². The minimum absolute atomic E-state index is 0.564. The lowest BCUT2D eigenvalue weighted by Gasteiger charge is -1.91. The van der Waals surface area contributed by atoms with Crippen molar-refractivity contribution in [2.75, 3.05) is 5.88 Å². The van der Waals surface area contributed by atoms with Crippen LogP contribution in [0.1, 0.15) is 11.8 Å². The van der Waals surface area contributed by atoms with Gasteiger partial charge in [0, 0.05) is 10.8 Å². The molecule has 1 rings (SSSR count). The molecule has 0 aromatic carbocycles. The van der Waals surface area contributed by atoms with Gasteiger partial charge in [-0.2, -0.15) is 0 Å². The van der Waals surface area contributed by atoms with Crippen LogP contribution in [0.3, 0.4) is 0 Å². The van der Waals surface area contributed by atoms with Gasteiger partial charge in [-0.25, -0.2) is 0 Å². The maximum absolute atomic E-state index is 5.86. The number of hydrogen-bond acceptors (Lipinski definition) is 1. The largest absolute Gasteiger partial charge is 0.143 e. The Labute approximate surface area is 80.4 Å². The van der Waals surface area contributed by atoms with Crippen molar-refractivity contribution >= 4 is 40.6 Å². The third kappa shape index (κ3) is 2.51. The van der Waals surface area contributed by atoms with Gasteiger partial charge in [-0.05, 0) is 24.4 Å². The molecule has 0 amide bonds. The fraction of sp³-hybridized carbons (Fsp3) is 0.250. The van der Waals surface area contributed by atoms with Gasteiger partial charge in [0.1, 0.15) is 0 Å². The Kier molecular flexibility index (Phi) is 3.44. The molecule has 3 heteroatoms. The summed E-state index contributed by atoms with van der Waals surface area (Å²) in [7, 11) is 0. The van der Waals surface area contributed by atoms with Crippen LogP contribution < -0.4 is 0 Å². The fourth-order valence-electron chi connectivity index (χ4n) is 0.671. The summed E-state index contributed by atoms with van der Waals surface area (Å²) < 4.78 is 0. The van der Waals surface area contributed by atoms with E-state index < -0.39 is 0 Å². The van der Waals surface area contributed by atoms with Crippen LogP contribution in [0.15, 0.2) is 17.0 Å². The van der Waals surface area contributed by atoms with Gasteiger partial charge in [-0.15, -0.1) is 22.9 Å². The van der Waals surface area contributed by atoms with E-state index in [1.54, 1.807) is 11.3 Å². The predicted octanol–water partition coefficient (Wildman–Crippen LogP) is 4.04. The SMILES string of the molecule is C/C(=C/c1sccc1Cl)CCl. The van der Waals surface area contributed by atoms with E-state index in [0.29, 0.717) is 5.88 Å². The first kappa shape index (κ1) is 9.11. The lowest BCUT2D eigenvalue weighted by Crippen LogP contribution is -1.74. The molecule has 0 aliphatic carbocycles. The molecule has 0 aliphatic heterocycles. The van der Waals surface area contributed by atoms with E-state index >= 15 is 0 Å². The molecule has 0 saturated carbocycles. The van der Waals surface area contributed by atoms with Crippen LogP contribution in [-0.2, 0) is 0 Å². The third-order valence-electron chi connectivity index (χ3n) is 1.23. The van der Waals surface area contributed by atoms with Crippen LogP contribution in [-0.4, -0.2) is 5.88 Å². The Hall–Kier alpha value is 0.0200. The Balaban J connectivity index is 2.86. The molecule has 1 aromatic heterocycles.